The van der Waals surface area contributed by atoms with E-state index in [1.165, 1.54) is 22.3 Å². The van der Waals surface area contributed by atoms with Crippen LogP contribution >= 0.6 is 0 Å². The van der Waals surface area contributed by atoms with Crippen molar-refractivity contribution in [3.8, 4) is 0 Å². The smallest absolute Gasteiger partial charge is 0.0587 e. The summed E-state index contributed by atoms with van der Waals surface area (Å²) in [5.74, 6) is 0.584. The number of hydrogen-bond acceptors (Lipinski definition) is 4. The summed E-state index contributed by atoms with van der Waals surface area (Å²) in [6.07, 6.45) is 0. The SMILES string of the molecule is Cc1ccc([C@@H](N[C@H](CO)C(C)C)[C@@H](N[C@H](CO)C(C)C)c2ccc(C)cc2)cc1. The highest BCUT2D eigenvalue weighted by Gasteiger charge is 2.30. The second kappa shape index (κ2) is 11.6. The van der Waals surface area contributed by atoms with Crippen molar-refractivity contribution in [3.05, 3.63) is 70.8 Å². The summed E-state index contributed by atoms with van der Waals surface area (Å²) in [7, 11) is 0. The van der Waals surface area contributed by atoms with Crippen molar-refractivity contribution in [1.29, 1.82) is 0 Å². The van der Waals surface area contributed by atoms with Gasteiger partial charge in [-0.3, -0.25) is 0 Å². The molecule has 4 heteroatoms. The fourth-order valence-electron chi connectivity index (χ4n) is 3.69. The average molecular weight is 413 g/mol. The number of hydrogen-bond donors (Lipinski definition) is 4. The van der Waals surface area contributed by atoms with E-state index in [0.29, 0.717) is 11.8 Å². The van der Waals surface area contributed by atoms with Gasteiger partial charge in [-0.1, -0.05) is 87.4 Å². The Bertz CT molecular complexity index is 675. The molecule has 0 bridgehead atoms. The molecule has 0 saturated carbocycles. The Morgan fingerprint density at radius 2 is 0.900 bits per heavy atom. The molecule has 0 amide bonds. The van der Waals surface area contributed by atoms with Crippen LogP contribution in [0.25, 0.3) is 0 Å². The zero-order chi connectivity index (χ0) is 22.3. The van der Waals surface area contributed by atoms with Crippen molar-refractivity contribution in [2.75, 3.05) is 13.2 Å². The Labute approximate surface area is 182 Å². The van der Waals surface area contributed by atoms with E-state index in [1.54, 1.807) is 0 Å². The molecular weight excluding hydrogens is 372 g/mol. The van der Waals surface area contributed by atoms with E-state index in [-0.39, 0.29) is 37.4 Å². The van der Waals surface area contributed by atoms with Gasteiger partial charge in [0.15, 0.2) is 0 Å². The van der Waals surface area contributed by atoms with Crippen LogP contribution < -0.4 is 10.6 Å². The molecule has 2 rings (SSSR count). The van der Waals surface area contributed by atoms with Crippen LogP contribution in [0.1, 0.15) is 62.0 Å². The van der Waals surface area contributed by atoms with Crippen molar-refractivity contribution < 1.29 is 10.2 Å². The maximum Gasteiger partial charge on any atom is 0.0587 e. The Hall–Kier alpha value is -1.72. The molecule has 0 aliphatic carbocycles. The van der Waals surface area contributed by atoms with E-state index in [2.05, 4.69) is 101 Å². The summed E-state index contributed by atoms with van der Waals surface area (Å²) in [5, 5.41) is 27.5. The molecule has 2 aromatic carbocycles. The maximum atomic E-state index is 10.0. The summed E-state index contributed by atoms with van der Waals surface area (Å²) in [6.45, 7) is 12.8. The Kier molecular flexibility index (Phi) is 9.50. The zero-order valence-electron chi connectivity index (χ0n) is 19.4. The van der Waals surface area contributed by atoms with E-state index in [4.69, 9.17) is 0 Å². The van der Waals surface area contributed by atoms with Gasteiger partial charge in [0, 0.05) is 12.1 Å². The highest BCUT2D eigenvalue weighted by molar-refractivity contribution is 5.31. The molecule has 4 N–H and O–H groups in total. The standard InChI is InChI=1S/C26H40N2O2/c1-17(2)23(15-29)27-25(21-11-7-19(5)8-12-21)26(28-24(16-30)18(3)4)22-13-9-20(6)10-14-22/h7-14,17-18,23-30H,15-16H2,1-6H3/t23-,24-,25-,26+/m1/s1. The minimum absolute atomic E-state index is 0.0299. The minimum atomic E-state index is -0.0549. The Morgan fingerprint density at radius 1 is 0.600 bits per heavy atom. The highest BCUT2D eigenvalue weighted by Crippen LogP contribution is 2.32. The predicted octanol–water partition coefficient (Wildman–Crippen LogP) is 4.30. The summed E-state index contributed by atoms with van der Waals surface area (Å²) < 4.78 is 0. The highest BCUT2D eigenvalue weighted by atomic mass is 16.3. The van der Waals surface area contributed by atoms with Crippen LogP contribution in [0.15, 0.2) is 48.5 Å². The Morgan fingerprint density at radius 3 is 1.13 bits per heavy atom. The van der Waals surface area contributed by atoms with Crippen molar-refractivity contribution >= 4 is 0 Å². The van der Waals surface area contributed by atoms with Crippen LogP contribution in [-0.4, -0.2) is 35.5 Å². The quantitative estimate of drug-likeness (QED) is 0.444. The van der Waals surface area contributed by atoms with Gasteiger partial charge in [-0.2, -0.15) is 0 Å². The van der Waals surface area contributed by atoms with Crippen LogP contribution in [0, 0.1) is 25.7 Å². The molecule has 0 fully saturated rings. The number of aliphatic hydroxyl groups excluding tert-OH is 2. The molecule has 0 aliphatic heterocycles. The van der Waals surface area contributed by atoms with Gasteiger partial charge in [0.1, 0.15) is 0 Å². The first-order valence-electron chi connectivity index (χ1n) is 11.1. The van der Waals surface area contributed by atoms with Crippen molar-refractivity contribution in [2.45, 2.75) is 65.7 Å². The molecule has 2 aromatic rings. The number of nitrogens with one attached hydrogen (secondary N) is 2. The molecule has 0 aromatic heterocycles. The summed E-state index contributed by atoms with van der Waals surface area (Å²) in [5.41, 5.74) is 4.77. The second-order valence-electron chi connectivity index (χ2n) is 9.18. The van der Waals surface area contributed by atoms with Crippen molar-refractivity contribution in [3.63, 3.8) is 0 Å². The van der Waals surface area contributed by atoms with Gasteiger partial charge in [0.2, 0.25) is 0 Å². The normalized spacial score (nSPS) is 15.9. The predicted molar refractivity (Wildman–Crippen MR) is 126 cm³/mol. The zero-order valence-corrected chi connectivity index (χ0v) is 19.4. The van der Waals surface area contributed by atoms with Gasteiger partial charge >= 0.3 is 0 Å². The van der Waals surface area contributed by atoms with Gasteiger partial charge in [0.25, 0.3) is 0 Å². The lowest BCUT2D eigenvalue weighted by atomic mass is 9.89. The number of aryl methyl sites for hydroxylation is 2. The third kappa shape index (κ3) is 6.64. The van der Waals surface area contributed by atoms with Crippen molar-refractivity contribution in [2.24, 2.45) is 11.8 Å². The second-order valence-corrected chi connectivity index (χ2v) is 9.18. The average Bonchev–Trinajstić information content (AvgIpc) is 2.71. The molecular formula is C26H40N2O2. The molecule has 0 heterocycles. The van der Waals surface area contributed by atoms with Gasteiger partial charge in [0.05, 0.1) is 25.3 Å². The first kappa shape index (κ1) is 24.5. The fourth-order valence-corrected chi connectivity index (χ4v) is 3.69. The molecule has 30 heavy (non-hydrogen) atoms. The maximum absolute atomic E-state index is 10.0. The molecule has 0 radical (unpaired) electrons. The fraction of sp³-hybridized carbons (Fsp3) is 0.538. The molecule has 4 nitrogen and oxygen atoms in total. The molecule has 4 atom stereocenters. The number of rotatable bonds is 11. The van der Waals surface area contributed by atoms with Gasteiger partial charge in [-0.25, -0.2) is 0 Å². The number of aliphatic hydroxyl groups is 2. The van der Waals surface area contributed by atoms with Crippen LogP contribution in [0.2, 0.25) is 0 Å². The van der Waals surface area contributed by atoms with E-state index < -0.39 is 0 Å². The third-order valence-corrected chi connectivity index (χ3v) is 6.00. The summed E-state index contributed by atoms with van der Waals surface area (Å²) >= 11 is 0. The molecule has 166 valence electrons. The molecule has 0 unspecified atom stereocenters. The molecule has 0 aliphatic rings. The van der Waals surface area contributed by atoms with E-state index in [1.807, 2.05) is 0 Å². The Balaban J connectivity index is 2.53. The van der Waals surface area contributed by atoms with Crippen LogP contribution in [0.3, 0.4) is 0 Å². The van der Waals surface area contributed by atoms with Crippen molar-refractivity contribution in [1.82, 2.24) is 10.6 Å². The lowest BCUT2D eigenvalue weighted by molar-refractivity contribution is 0.165. The summed E-state index contributed by atoms with van der Waals surface area (Å²) in [6, 6.07) is 17.0. The minimum Gasteiger partial charge on any atom is -0.395 e. The lowest BCUT2D eigenvalue weighted by Gasteiger charge is -2.37. The monoisotopic (exact) mass is 412 g/mol. The number of benzene rings is 2. The van der Waals surface area contributed by atoms with E-state index >= 15 is 0 Å². The molecule has 0 saturated heterocycles. The van der Waals surface area contributed by atoms with E-state index in [0.717, 1.165) is 0 Å². The van der Waals surface area contributed by atoms with Gasteiger partial charge in [-0.15, -0.1) is 0 Å². The van der Waals surface area contributed by atoms with Crippen LogP contribution in [0.5, 0.6) is 0 Å². The van der Waals surface area contributed by atoms with Crippen LogP contribution in [0.4, 0.5) is 0 Å². The first-order valence-corrected chi connectivity index (χ1v) is 11.1. The topological polar surface area (TPSA) is 64.5 Å². The third-order valence-electron chi connectivity index (χ3n) is 6.00. The van der Waals surface area contributed by atoms with E-state index in [9.17, 15) is 10.2 Å². The summed E-state index contributed by atoms with van der Waals surface area (Å²) in [4.78, 5) is 0. The van der Waals surface area contributed by atoms with Crippen LogP contribution in [-0.2, 0) is 0 Å². The van der Waals surface area contributed by atoms with Gasteiger partial charge in [-0.05, 0) is 36.8 Å². The largest absolute Gasteiger partial charge is 0.395 e. The first-order chi connectivity index (χ1) is 14.3. The molecule has 0 spiro atoms. The lowest BCUT2D eigenvalue weighted by Crippen LogP contribution is -2.48. The van der Waals surface area contributed by atoms with Gasteiger partial charge < -0.3 is 20.8 Å².